The van der Waals surface area contributed by atoms with E-state index >= 15 is 0 Å². The number of carbonyl (C=O) groups is 2. The van der Waals surface area contributed by atoms with E-state index < -0.39 is 22.1 Å². The number of nitrogens with one attached hydrogen (secondary N) is 2. The van der Waals surface area contributed by atoms with Crippen LogP contribution in [0.2, 0.25) is 0 Å². The molecule has 1 aliphatic heterocycles. The standard InChI is InChI=1S/C20H27N3O5S/c1-14(20(25)22-15-8-3-2-4-9-15)28-18(24)12-7-13-21-19-16-10-5-6-11-17(16)29(26,27)23-19/h5-6,10-11,14-15H,2-4,7-9,12-13H2,1H3,(H,21,23)(H,22,25)/t14-/m1/s1. The van der Waals surface area contributed by atoms with Gasteiger partial charge in [0.2, 0.25) is 0 Å². The first kappa shape index (κ1) is 21.3. The number of sulfonamides is 1. The van der Waals surface area contributed by atoms with Crippen molar-refractivity contribution >= 4 is 27.7 Å². The topological polar surface area (TPSA) is 114 Å². The van der Waals surface area contributed by atoms with Crippen LogP contribution >= 0.6 is 0 Å². The van der Waals surface area contributed by atoms with Crippen molar-refractivity contribution in [3.63, 3.8) is 0 Å². The first-order chi connectivity index (χ1) is 13.9. The number of esters is 1. The number of nitrogens with zero attached hydrogens (tertiary/aromatic N) is 1. The number of carbonyl (C=O) groups excluding carboxylic acids is 2. The minimum absolute atomic E-state index is 0.103. The minimum atomic E-state index is -3.56. The minimum Gasteiger partial charge on any atom is -0.453 e. The molecule has 0 bridgehead atoms. The molecule has 2 aliphatic rings. The van der Waals surface area contributed by atoms with Crippen LogP contribution in [0.1, 0.15) is 57.4 Å². The van der Waals surface area contributed by atoms with Crippen molar-refractivity contribution in [2.24, 2.45) is 4.99 Å². The molecule has 1 atom stereocenters. The van der Waals surface area contributed by atoms with Gasteiger partial charge in [0, 0.05) is 24.6 Å². The Morgan fingerprint density at radius 2 is 1.97 bits per heavy atom. The Hall–Kier alpha value is -2.42. The molecular formula is C20H27N3O5S. The lowest BCUT2D eigenvalue weighted by atomic mass is 9.95. The first-order valence-electron chi connectivity index (χ1n) is 10.0. The fourth-order valence-corrected chi connectivity index (χ4v) is 4.79. The Bertz CT molecular complexity index is 891. The van der Waals surface area contributed by atoms with E-state index in [1.165, 1.54) is 12.5 Å². The van der Waals surface area contributed by atoms with Gasteiger partial charge in [0.1, 0.15) is 5.84 Å². The number of hydrogen-bond donors (Lipinski definition) is 2. The molecular weight excluding hydrogens is 394 g/mol. The second-order valence-corrected chi connectivity index (χ2v) is 9.06. The maximum atomic E-state index is 12.2. The molecule has 0 aromatic heterocycles. The highest BCUT2D eigenvalue weighted by Crippen LogP contribution is 2.22. The van der Waals surface area contributed by atoms with Crippen LogP contribution < -0.4 is 10.0 Å². The van der Waals surface area contributed by atoms with E-state index in [9.17, 15) is 18.0 Å². The highest BCUT2D eigenvalue weighted by Gasteiger charge is 2.30. The van der Waals surface area contributed by atoms with E-state index in [1.807, 2.05) is 0 Å². The van der Waals surface area contributed by atoms with Crippen molar-refractivity contribution < 1.29 is 22.7 Å². The number of amidine groups is 1. The fourth-order valence-electron chi connectivity index (χ4n) is 3.54. The van der Waals surface area contributed by atoms with Crippen LogP contribution in [0, 0.1) is 0 Å². The lowest BCUT2D eigenvalue weighted by Gasteiger charge is -2.24. The van der Waals surface area contributed by atoms with E-state index in [1.54, 1.807) is 25.1 Å². The molecule has 1 aliphatic carbocycles. The molecule has 0 unspecified atom stereocenters. The molecule has 1 aromatic carbocycles. The Labute approximate surface area is 171 Å². The van der Waals surface area contributed by atoms with Gasteiger partial charge in [0.25, 0.3) is 15.9 Å². The van der Waals surface area contributed by atoms with Gasteiger partial charge >= 0.3 is 5.97 Å². The van der Waals surface area contributed by atoms with Crippen molar-refractivity contribution in [1.29, 1.82) is 0 Å². The van der Waals surface area contributed by atoms with Gasteiger partial charge in [-0.1, -0.05) is 31.4 Å². The van der Waals surface area contributed by atoms with E-state index in [4.69, 9.17) is 4.74 Å². The van der Waals surface area contributed by atoms with Crippen LogP contribution in [0.4, 0.5) is 0 Å². The van der Waals surface area contributed by atoms with Gasteiger partial charge < -0.3 is 10.1 Å². The van der Waals surface area contributed by atoms with Crippen LogP contribution in [-0.4, -0.2) is 44.8 Å². The summed E-state index contributed by atoms with van der Waals surface area (Å²) < 4.78 is 31.7. The van der Waals surface area contributed by atoms with Crippen molar-refractivity contribution in [3.8, 4) is 0 Å². The molecule has 158 valence electrons. The summed E-state index contributed by atoms with van der Waals surface area (Å²) in [6.45, 7) is 1.84. The smallest absolute Gasteiger partial charge is 0.306 e. The zero-order chi connectivity index (χ0) is 20.9. The Morgan fingerprint density at radius 1 is 1.24 bits per heavy atom. The summed E-state index contributed by atoms with van der Waals surface area (Å²) in [4.78, 5) is 28.6. The van der Waals surface area contributed by atoms with E-state index in [-0.39, 0.29) is 35.6 Å². The monoisotopic (exact) mass is 421 g/mol. The van der Waals surface area contributed by atoms with E-state index in [0.717, 1.165) is 25.7 Å². The fraction of sp³-hybridized carbons (Fsp3) is 0.550. The third kappa shape index (κ3) is 5.56. The lowest BCUT2D eigenvalue weighted by molar-refractivity contribution is -0.155. The van der Waals surface area contributed by atoms with Gasteiger partial charge in [-0.25, -0.2) is 8.42 Å². The number of hydrogen-bond acceptors (Lipinski definition) is 6. The van der Waals surface area contributed by atoms with Gasteiger partial charge in [-0.2, -0.15) is 0 Å². The van der Waals surface area contributed by atoms with Crippen molar-refractivity contribution in [2.45, 2.75) is 68.9 Å². The third-order valence-corrected chi connectivity index (χ3v) is 6.50. The van der Waals surface area contributed by atoms with E-state index in [2.05, 4.69) is 15.0 Å². The van der Waals surface area contributed by atoms with Gasteiger partial charge in [-0.05, 0) is 38.3 Å². The first-order valence-corrected chi connectivity index (χ1v) is 11.5. The second-order valence-electron chi connectivity index (χ2n) is 7.41. The third-order valence-electron chi connectivity index (χ3n) is 5.10. The maximum absolute atomic E-state index is 12.2. The Balaban J connectivity index is 1.42. The van der Waals surface area contributed by atoms with Crippen LogP contribution in [0.3, 0.4) is 0 Å². The van der Waals surface area contributed by atoms with Crippen molar-refractivity contribution in [1.82, 2.24) is 10.0 Å². The number of rotatable bonds is 7. The molecule has 0 radical (unpaired) electrons. The lowest BCUT2D eigenvalue weighted by Crippen LogP contribution is -2.42. The molecule has 1 fully saturated rings. The predicted octanol–water partition coefficient (Wildman–Crippen LogP) is 1.89. The number of aliphatic imine (C=N–C) groups is 1. The number of amides is 1. The Kier molecular flexibility index (Phi) is 6.89. The largest absolute Gasteiger partial charge is 0.453 e. The van der Waals surface area contributed by atoms with Crippen LogP contribution in [0.15, 0.2) is 34.2 Å². The highest BCUT2D eigenvalue weighted by molar-refractivity contribution is 7.90. The number of benzene rings is 1. The normalized spacial score (nSPS) is 20.5. The molecule has 1 aromatic rings. The van der Waals surface area contributed by atoms with Crippen LogP contribution in [0.25, 0.3) is 0 Å². The highest BCUT2D eigenvalue weighted by atomic mass is 32.2. The van der Waals surface area contributed by atoms with Crippen LogP contribution in [0.5, 0.6) is 0 Å². The van der Waals surface area contributed by atoms with Gasteiger partial charge in [-0.15, -0.1) is 0 Å². The van der Waals surface area contributed by atoms with Crippen LogP contribution in [-0.2, 0) is 24.3 Å². The summed E-state index contributed by atoms with van der Waals surface area (Å²) in [7, 11) is -3.56. The summed E-state index contributed by atoms with van der Waals surface area (Å²) in [6, 6.07) is 6.78. The second kappa shape index (κ2) is 9.39. The molecule has 2 N–H and O–H groups in total. The van der Waals surface area contributed by atoms with Crippen molar-refractivity contribution in [3.05, 3.63) is 29.8 Å². The molecule has 9 heteroatoms. The number of ether oxygens (including phenoxy) is 1. The van der Waals surface area contributed by atoms with Crippen molar-refractivity contribution in [2.75, 3.05) is 6.54 Å². The molecule has 8 nitrogen and oxygen atoms in total. The van der Waals surface area contributed by atoms with E-state index in [0.29, 0.717) is 12.0 Å². The molecule has 1 amide bonds. The molecule has 0 saturated heterocycles. The summed E-state index contributed by atoms with van der Waals surface area (Å²) >= 11 is 0. The summed E-state index contributed by atoms with van der Waals surface area (Å²) in [5.74, 6) is -0.444. The molecule has 0 spiro atoms. The van der Waals surface area contributed by atoms with Gasteiger partial charge in [-0.3, -0.25) is 19.3 Å². The molecule has 1 heterocycles. The summed E-state index contributed by atoms with van der Waals surface area (Å²) in [5.41, 5.74) is 0.531. The summed E-state index contributed by atoms with van der Waals surface area (Å²) in [6.07, 6.45) is 5.04. The zero-order valence-electron chi connectivity index (χ0n) is 16.5. The maximum Gasteiger partial charge on any atom is 0.306 e. The average molecular weight is 422 g/mol. The quantitative estimate of drug-likeness (QED) is 0.515. The predicted molar refractivity (Wildman–Crippen MR) is 108 cm³/mol. The number of fused-ring (bicyclic) bond motifs is 1. The average Bonchev–Trinajstić information content (AvgIpc) is 2.96. The SMILES string of the molecule is C[C@@H](OC(=O)CCCN=C1NS(=O)(=O)c2ccccc21)C(=O)NC1CCCCC1. The zero-order valence-corrected chi connectivity index (χ0v) is 17.3. The van der Waals surface area contributed by atoms with Gasteiger partial charge in [0.15, 0.2) is 6.10 Å². The Morgan fingerprint density at radius 3 is 2.72 bits per heavy atom. The summed E-state index contributed by atoms with van der Waals surface area (Å²) in [5, 5.41) is 2.94. The molecule has 1 saturated carbocycles. The molecule has 29 heavy (non-hydrogen) atoms. The molecule has 3 rings (SSSR count). The van der Waals surface area contributed by atoms with Gasteiger partial charge in [0.05, 0.1) is 4.90 Å².